The molecule has 15 heavy (non-hydrogen) atoms. The molecule has 0 aromatic carbocycles. The summed E-state index contributed by atoms with van der Waals surface area (Å²) in [5.74, 6) is -0.0306. The zero-order valence-electron chi connectivity index (χ0n) is 9.77. The van der Waals surface area contributed by atoms with E-state index in [-0.39, 0.29) is 5.92 Å². The van der Waals surface area contributed by atoms with Gasteiger partial charge in [0.1, 0.15) is 0 Å². The van der Waals surface area contributed by atoms with Crippen molar-refractivity contribution in [3.8, 4) is 0 Å². The summed E-state index contributed by atoms with van der Waals surface area (Å²) in [5, 5.41) is 8.83. The Balaban J connectivity index is 2.17. The van der Waals surface area contributed by atoms with Crippen molar-refractivity contribution in [3.05, 3.63) is 0 Å². The summed E-state index contributed by atoms with van der Waals surface area (Å²) >= 11 is 0. The Labute approximate surface area is 91.2 Å². The molecule has 0 aliphatic carbocycles. The summed E-state index contributed by atoms with van der Waals surface area (Å²) in [6, 6.07) is 0. The van der Waals surface area contributed by atoms with Crippen molar-refractivity contribution < 1.29 is 14.6 Å². The number of methoxy groups -OCH3 is 1. The van der Waals surface area contributed by atoms with Crippen LogP contribution in [-0.2, 0) is 9.53 Å². The predicted molar refractivity (Wildman–Crippen MR) is 57.8 cm³/mol. The Bertz CT molecular complexity index is 214. The van der Waals surface area contributed by atoms with Gasteiger partial charge in [0, 0.05) is 33.4 Å². The number of rotatable bonds is 6. The number of likely N-dealkylation sites (tertiary alicyclic amines) is 1. The lowest BCUT2D eigenvalue weighted by Gasteiger charge is -2.42. The van der Waals surface area contributed by atoms with Crippen LogP contribution < -0.4 is 0 Å². The van der Waals surface area contributed by atoms with E-state index in [1.807, 2.05) is 0 Å². The van der Waals surface area contributed by atoms with Gasteiger partial charge in [0.2, 0.25) is 0 Å². The molecule has 0 aromatic heterocycles. The molecule has 1 heterocycles. The molecule has 0 aromatic rings. The fourth-order valence-corrected chi connectivity index (χ4v) is 2.05. The molecule has 1 rings (SSSR count). The SMILES string of the molecule is COCC(C)CN1CC(C(C)C(=O)O)C1. The molecule has 0 bridgehead atoms. The first-order valence-electron chi connectivity index (χ1n) is 5.48. The molecule has 1 N–H and O–H groups in total. The molecule has 1 fully saturated rings. The van der Waals surface area contributed by atoms with Gasteiger partial charge in [0.25, 0.3) is 0 Å². The van der Waals surface area contributed by atoms with E-state index < -0.39 is 5.97 Å². The maximum absolute atomic E-state index is 10.7. The maximum Gasteiger partial charge on any atom is 0.306 e. The first kappa shape index (κ1) is 12.5. The topological polar surface area (TPSA) is 49.8 Å². The van der Waals surface area contributed by atoms with Crippen LogP contribution in [-0.4, -0.2) is 49.3 Å². The molecule has 2 atom stereocenters. The van der Waals surface area contributed by atoms with Gasteiger partial charge in [0.05, 0.1) is 5.92 Å². The predicted octanol–water partition coefficient (Wildman–Crippen LogP) is 0.921. The second-order valence-electron chi connectivity index (χ2n) is 4.67. The average molecular weight is 215 g/mol. The zero-order chi connectivity index (χ0) is 11.4. The van der Waals surface area contributed by atoms with Crippen LogP contribution in [0.15, 0.2) is 0 Å². The third kappa shape index (κ3) is 3.47. The summed E-state index contributed by atoms with van der Waals surface area (Å²) in [4.78, 5) is 13.0. The van der Waals surface area contributed by atoms with Crippen LogP contribution in [0.1, 0.15) is 13.8 Å². The molecule has 2 unspecified atom stereocenters. The van der Waals surface area contributed by atoms with Gasteiger partial charge in [-0.25, -0.2) is 0 Å². The van der Waals surface area contributed by atoms with Crippen molar-refractivity contribution in [2.45, 2.75) is 13.8 Å². The molecular formula is C11H21NO3. The standard InChI is InChI=1S/C11H21NO3/c1-8(7-15-3)4-12-5-10(6-12)9(2)11(13)14/h8-10H,4-7H2,1-3H3,(H,13,14). The quantitative estimate of drug-likeness (QED) is 0.716. The number of hydrogen-bond acceptors (Lipinski definition) is 3. The van der Waals surface area contributed by atoms with Crippen LogP contribution in [0.5, 0.6) is 0 Å². The van der Waals surface area contributed by atoms with Gasteiger partial charge in [-0.1, -0.05) is 13.8 Å². The highest BCUT2D eigenvalue weighted by Crippen LogP contribution is 2.24. The normalized spacial score (nSPS) is 22.1. The Kier molecular flexibility index (Phi) is 4.54. The summed E-state index contributed by atoms with van der Waals surface area (Å²) in [6.07, 6.45) is 0. The zero-order valence-corrected chi connectivity index (χ0v) is 9.77. The number of carboxylic acids is 1. The van der Waals surface area contributed by atoms with Gasteiger partial charge < -0.3 is 14.7 Å². The van der Waals surface area contributed by atoms with E-state index in [0.29, 0.717) is 11.8 Å². The van der Waals surface area contributed by atoms with Crippen molar-refractivity contribution in [1.82, 2.24) is 4.90 Å². The van der Waals surface area contributed by atoms with Crippen LogP contribution in [0, 0.1) is 17.8 Å². The lowest BCUT2D eigenvalue weighted by molar-refractivity contribution is -0.145. The van der Waals surface area contributed by atoms with Crippen LogP contribution in [0.2, 0.25) is 0 Å². The number of aliphatic carboxylic acids is 1. The van der Waals surface area contributed by atoms with Crippen molar-refractivity contribution in [2.75, 3.05) is 33.4 Å². The van der Waals surface area contributed by atoms with Gasteiger partial charge in [0.15, 0.2) is 0 Å². The summed E-state index contributed by atoms with van der Waals surface area (Å²) in [6.45, 7) is 7.57. The van der Waals surface area contributed by atoms with E-state index in [4.69, 9.17) is 9.84 Å². The molecule has 88 valence electrons. The van der Waals surface area contributed by atoms with Gasteiger partial charge in [-0.3, -0.25) is 4.79 Å². The van der Waals surface area contributed by atoms with Crippen molar-refractivity contribution in [2.24, 2.45) is 17.8 Å². The minimum absolute atomic E-state index is 0.209. The number of hydrogen-bond donors (Lipinski definition) is 1. The van der Waals surface area contributed by atoms with Gasteiger partial charge in [-0.05, 0) is 11.8 Å². The number of nitrogens with zero attached hydrogens (tertiary/aromatic N) is 1. The minimum Gasteiger partial charge on any atom is -0.481 e. The number of carbonyl (C=O) groups is 1. The molecule has 0 radical (unpaired) electrons. The summed E-state index contributed by atoms with van der Waals surface area (Å²) in [5.41, 5.74) is 0. The minimum atomic E-state index is -0.676. The average Bonchev–Trinajstić information content (AvgIpc) is 2.09. The smallest absolute Gasteiger partial charge is 0.306 e. The first-order chi connectivity index (χ1) is 7.04. The van der Waals surface area contributed by atoms with E-state index in [9.17, 15) is 4.79 Å². The van der Waals surface area contributed by atoms with Gasteiger partial charge in [-0.2, -0.15) is 0 Å². The molecule has 4 heteroatoms. The lowest BCUT2D eigenvalue weighted by Crippen LogP contribution is -2.52. The molecule has 0 saturated carbocycles. The number of ether oxygens (including phenoxy) is 1. The fourth-order valence-electron chi connectivity index (χ4n) is 2.05. The van der Waals surface area contributed by atoms with E-state index in [1.165, 1.54) is 0 Å². The van der Waals surface area contributed by atoms with Crippen LogP contribution in [0.4, 0.5) is 0 Å². The third-order valence-electron chi connectivity index (χ3n) is 3.10. The third-order valence-corrected chi connectivity index (χ3v) is 3.10. The van der Waals surface area contributed by atoms with Gasteiger partial charge >= 0.3 is 5.97 Å². The van der Waals surface area contributed by atoms with E-state index in [0.717, 1.165) is 26.2 Å². The van der Waals surface area contributed by atoms with E-state index >= 15 is 0 Å². The van der Waals surface area contributed by atoms with E-state index in [1.54, 1.807) is 14.0 Å². The summed E-state index contributed by atoms with van der Waals surface area (Å²) < 4.78 is 5.06. The van der Waals surface area contributed by atoms with Crippen molar-refractivity contribution in [3.63, 3.8) is 0 Å². The molecular weight excluding hydrogens is 194 g/mol. The molecule has 1 aliphatic heterocycles. The molecule has 0 amide bonds. The highest BCUT2D eigenvalue weighted by atomic mass is 16.5. The highest BCUT2D eigenvalue weighted by molar-refractivity contribution is 5.70. The Morgan fingerprint density at radius 1 is 1.53 bits per heavy atom. The van der Waals surface area contributed by atoms with Crippen LogP contribution in [0.3, 0.4) is 0 Å². The molecule has 1 saturated heterocycles. The van der Waals surface area contributed by atoms with Crippen LogP contribution in [0.25, 0.3) is 0 Å². The molecule has 4 nitrogen and oxygen atoms in total. The largest absolute Gasteiger partial charge is 0.481 e. The second kappa shape index (κ2) is 5.47. The van der Waals surface area contributed by atoms with E-state index in [2.05, 4.69) is 11.8 Å². The Morgan fingerprint density at radius 3 is 2.60 bits per heavy atom. The highest BCUT2D eigenvalue weighted by Gasteiger charge is 2.34. The van der Waals surface area contributed by atoms with Crippen molar-refractivity contribution >= 4 is 5.97 Å². The van der Waals surface area contributed by atoms with Gasteiger partial charge in [-0.15, -0.1) is 0 Å². The Morgan fingerprint density at radius 2 is 2.13 bits per heavy atom. The molecule has 0 spiro atoms. The second-order valence-corrected chi connectivity index (χ2v) is 4.67. The van der Waals surface area contributed by atoms with Crippen LogP contribution >= 0.6 is 0 Å². The number of carboxylic acid groups (broad SMARTS) is 1. The first-order valence-corrected chi connectivity index (χ1v) is 5.48. The Hall–Kier alpha value is -0.610. The monoisotopic (exact) mass is 215 g/mol. The fraction of sp³-hybridized carbons (Fsp3) is 0.909. The lowest BCUT2D eigenvalue weighted by atomic mass is 9.86. The maximum atomic E-state index is 10.7. The molecule has 1 aliphatic rings. The summed E-state index contributed by atoms with van der Waals surface area (Å²) in [7, 11) is 1.71. The van der Waals surface area contributed by atoms with Crippen molar-refractivity contribution in [1.29, 1.82) is 0 Å².